The molecule has 0 spiro atoms. The van der Waals surface area contributed by atoms with Gasteiger partial charge in [0.1, 0.15) is 9.50 Å². The number of nitrogens with two attached hydrogens (primary N) is 1. The molecule has 0 unspecified atom stereocenters. The van der Waals surface area contributed by atoms with Crippen LogP contribution in [0.25, 0.3) is 0 Å². The Morgan fingerprint density at radius 2 is 2.20 bits per heavy atom. The monoisotopic (exact) mass is 359 g/mol. The van der Waals surface area contributed by atoms with E-state index in [9.17, 15) is 8.42 Å². The Morgan fingerprint density at radius 3 is 2.75 bits per heavy atom. The molecule has 0 aromatic carbocycles. The first kappa shape index (κ1) is 14.8. The maximum Gasteiger partial charge on any atom is 0.267 e. The number of hydrogen-bond acceptors (Lipinski definition) is 5. The number of nitrogens with zero attached hydrogens (tertiary/aromatic N) is 3. The lowest BCUT2D eigenvalue weighted by Crippen LogP contribution is -2.14. The molecule has 3 N–H and O–H groups in total. The topological polar surface area (TPSA) is 103 Å². The van der Waals surface area contributed by atoms with Crippen molar-refractivity contribution in [2.45, 2.75) is 25.3 Å². The van der Waals surface area contributed by atoms with Gasteiger partial charge in [0.05, 0.1) is 11.9 Å². The van der Waals surface area contributed by atoms with Crippen molar-refractivity contribution in [3.05, 3.63) is 28.6 Å². The Bertz CT molecular complexity index is 741. The summed E-state index contributed by atoms with van der Waals surface area (Å²) in [5.74, 6) is -0.0267. The summed E-state index contributed by atoms with van der Waals surface area (Å²) in [6.45, 7) is 4.20. The van der Waals surface area contributed by atoms with Gasteiger partial charge >= 0.3 is 0 Å². The van der Waals surface area contributed by atoms with Gasteiger partial charge in [0, 0.05) is 12.7 Å². The fourth-order valence-electron chi connectivity index (χ4n) is 1.61. The first-order valence-electron chi connectivity index (χ1n) is 5.81. The molecule has 9 heteroatoms. The van der Waals surface area contributed by atoms with Crippen molar-refractivity contribution in [3.8, 4) is 0 Å². The number of aryl methyl sites for hydroxylation is 2. The van der Waals surface area contributed by atoms with Crippen LogP contribution in [0.3, 0.4) is 0 Å². The predicted octanol–water partition coefficient (Wildman–Crippen LogP) is 1.75. The number of halogens is 1. The number of nitrogens with one attached hydrogen (secondary N) is 1. The number of rotatable bonds is 4. The van der Waals surface area contributed by atoms with Gasteiger partial charge in [0.2, 0.25) is 0 Å². The minimum absolute atomic E-state index is 0.0267. The summed E-state index contributed by atoms with van der Waals surface area (Å²) in [5, 5.41) is 3.92. The van der Waals surface area contributed by atoms with Crippen molar-refractivity contribution in [2.24, 2.45) is 0 Å². The molecule has 2 aromatic rings. The highest BCUT2D eigenvalue weighted by Crippen LogP contribution is 2.22. The van der Waals surface area contributed by atoms with E-state index in [1.165, 1.54) is 17.1 Å². The average Bonchev–Trinajstić information content (AvgIpc) is 2.76. The van der Waals surface area contributed by atoms with Gasteiger partial charge in [-0.25, -0.2) is 13.4 Å². The number of aromatic nitrogens is 3. The van der Waals surface area contributed by atoms with Crippen LogP contribution in [0.1, 0.15) is 12.5 Å². The zero-order valence-electron chi connectivity index (χ0n) is 11.0. The highest BCUT2D eigenvalue weighted by atomic mass is 79.9. The number of nitrogen functional groups attached to an aromatic ring is 1. The molecule has 0 aliphatic carbocycles. The summed E-state index contributed by atoms with van der Waals surface area (Å²) < 4.78 is 29.1. The van der Waals surface area contributed by atoms with Crippen molar-refractivity contribution < 1.29 is 8.42 Å². The molecule has 7 nitrogen and oxygen atoms in total. The Hall–Kier alpha value is -1.61. The Morgan fingerprint density at radius 1 is 1.50 bits per heavy atom. The maximum atomic E-state index is 12.3. The summed E-state index contributed by atoms with van der Waals surface area (Å²) in [6, 6.07) is 1.68. The van der Waals surface area contributed by atoms with Crippen LogP contribution >= 0.6 is 15.9 Å². The first-order valence-corrected chi connectivity index (χ1v) is 8.09. The van der Waals surface area contributed by atoms with Crippen LogP contribution in [0.2, 0.25) is 0 Å². The Kier molecular flexibility index (Phi) is 4.00. The smallest absolute Gasteiger partial charge is 0.267 e. The third-order valence-corrected chi connectivity index (χ3v) is 4.86. The molecule has 0 radical (unpaired) electrons. The second-order valence-electron chi connectivity index (χ2n) is 4.17. The summed E-state index contributed by atoms with van der Waals surface area (Å²) in [4.78, 5) is 4.00. The predicted molar refractivity (Wildman–Crippen MR) is 79.8 cm³/mol. The lowest BCUT2D eigenvalue weighted by atomic mass is 10.3. The van der Waals surface area contributed by atoms with Gasteiger partial charge < -0.3 is 5.73 Å². The molecule has 0 amide bonds. The van der Waals surface area contributed by atoms with Crippen LogP contribution in [-0.4, -0.2) is 23.2 Å². The third-order valence-electron chi connectivity index (χ3n) is 2.64. The fraction of sp³-hybridized carbons (Fsp3) is 0.273. The molecule has 20 heavy (non-hydrogen) atoms. The molecule has 2 aromatic heterocycles. The lowest BCUT2D eigenvalue weighted by molar-refractivity contribution is 0.600. The quantitative estimate of drug-likeness (QED) is 0.809. The van der Waals surface area contributed by atoms with Crippen LogP contribution in [0.5, 0.6) is 0 Å². The molecular formula is C11H14BrN5O2S. The minimum atomic E-state index is -3.78. The molecule has 0 saturated heterocycles. The molecule has 108 valence electrons. The van der Waals surface area contributed by atoms with E-state index in [0.717, 1.165) is 5.56 Å². The molecular weight excluding hydrogens is 346 g/mol. The van der Waals surface area contributed by atoms with Crippen molar-refractivity contribution in [2.75, 3.05) is 10.5 Å². The van der Waals surface area contributed by atoms with E-state index in [0.29, 0.717) is 16.8 Å². The summed E-state index contributed by atoms with van der Waals surface area (Å²) in [5.41, 5.74) is 6.83. The van der Waals surface area contributed by atoms with E-state index in [1.54, 1.807) is 6.07 Å². The van der Waals surface area contributed by atoms with Crippen molar-refractivity contribution in [1.29, 1.82) is 0 Å². The van der Waals surface area contributed by atoms with E-state index < -0.39 is 10.0 Å². The standard InChI is InChI=1S/C11H14BrN5O2S/c1-3-17-6-9(11(13)15-17)20(18,19)16-8-4-7(2)10(12)14-5-8/h4-6,16H,3H2,1-2H3,(H2,13,15). The SMILES string of the molecule is CCn1cc(S(=O)(=O)Nc2cnc(Br)c(C)c2)c(N)n1. The van der Waals surface area contributed by atoms with Gasteiger partial charge in [-0.3, -0.25) is 9.40 Å². The number of hydrogen-bond donors (Lipinski definition) is 2. The Balaban J connectivity index is 2.35. The molecule has 0 atom stereocenters. The second-order valence-corrected chi connectivity index (χ2v) is 6.57. The van der Waals surface area contributed by atoms with Gasteiger partial charge in [-0.15, -0.1) is 0 Å². The molecule has 0 aliphatic heterocycles. The third kappa shape index (κ3) is 2.93. The summed E-state index contributed by atoms with van der Waals surface area (Å²) >= 11 is 3.26. The van der Waals surface area contributed by atoms with Gasteiger partial charge in [0.15, 0.2) is 5.82 Å². The van der Waals surface area contributed by atoms with E-state index in [-0.39, 0.29) is 10.7 Å². The first-order chi connectivity index (χ1) is 9.33. The van der Waals surface area contributed by atoms with Crippen LogP contribution in [0.15, 0.2) is 28.0 Å². The van der Waals surface area contributed by atoms with Crippen LogP contribution in [-0.2, 0) is 16.6 Å². The normalized spacial score (nSPS) is 11.6. The van der Waals surface area contributed by atoms with Gasteiger partial charge in [0.25, 0.3) is 10.0 Å². The molecule has 0 bridgehead atoms. The number of sulfonamides is 1. The van der Waals surface area contributed by atoms with Crippen LogP contribution < -0.4 is 10.5 Å². The van der Waals surface area contributed by atoms with E-state index in [1.807, 2.05) is 13.8 Å². The summed E-state index contributed by atoms with van der Waals surface area (Å²) in [6.07, 6.45) is 2.83. The van der Waals surface area contributed by atoms with Gasteiger partial charge in [-0.2, -0.15) is 5.10 Å². The Labute approximate surface area is 125 Å². The van der Waals surface area contributed by atoms with Gasteiger partial charge in [-0.1, -0.05) is 0 Å². The second kappa shape index (κ2) is 5.41. The molecule has 0 aliphatic rings. The van der Waals surface area contributed by atoms with Crippen molar-refractivity contribution in [3.63, 3.8) is 0 Å². The average molecular weight is 360 g/mol. The molecule has 0 fully saturated rings. The van der Waals surface area contributed by atoms with Gasteiger partial charge in [-0.05, 0) is 41.4 Å². The largest absolute Gasteiger partial charge is 0.381 e. The minimum Gasteiger partial charge on any atom is -0.381 e. The van der Waals surface area contributed by atoms with E-state index in [2.05, 4.69) is 30.7 Å². The fourth-order valence-corrected chi connectivity index (χ4v) is 2.94. The zero-order valence-corrected chi connectivity index (χ0v) is 13.4. The number of anilines is 2. The zero-order chi connectivity index (χ0) is 14.9. The van der Waals surface area contributed by atoms with Crippen molar-refractivity contribution in [1.82, 2.24) is 14.8 Å². The summed E-state index contributed by atoms with van der Waals surface area (Å²) in [7, 11) is -3.78. The van der Waals surface area contributed by atoms with Crippen molar-refractivity contribution >= 4 is 37.5 Å². The van der Waals surface area contributed by atoms with Crippen LogP contribution in [0, 0.1) is 6.92 Å². The highest BCUT2D eigenvalue weighted by molar-refractivity contribution is 9.10. The molecule has 2 heterocycles. The van der Waals surface area contributed by atoms with E-state index in [4.69, 9.17) is 5.73 Å². The highest BCUT2D eigenvalue weighted by Gasteiger charge is 2.21. The number of pyridine rings is 1. The van der Waals surface area contributed by atoms with Crippen LogP contribution in [0.4, 0.5) is 11.5 Å². The maximum absolute atomic E-state index is 12.3. The lowest BCUT2D eigenvalue weighted by Gasteiger charge is -2.07. The molecule has 0 saturated carbocycles. The van der Waals surface area contributed by atoms with E-state index >= 15 is 0 Å². The molecule has 2 rings (SSSR count).